The van der Waals surface area contributed by atoms with Crippen molar-refractivity contribution in [1.29, 1.82) is 0 Å². The minimum Gasteiger partial charge on any atom is -0.388 e. The van der Waals surface area contributed by atoms with Crippen LogP contribution in [0, 0.1) is 0 Å². The summed E-state index contributed by atoms with van der Waals surface area (Å²) in [5.41, 5.74) is 3.86. The third-order valence-corrected chi connectivity index (χ3v) is 2.00. The number of carbonyl (C=O) groups excluding carboxylic acids is 1. The zero-order chi connectivity index (χ0) is 11.4. The van der Waals surface area contributed by atoms with E-state index in [4.69, 9.17) is 5.73 Å². The van der Waals surface area contributed by atoms with Crippen molar-refractivity contribution in [3.63, 3.8) is 0 Å². The monoisotopic (exact) mass is 202 g/mol. The number of nitrogens with one attached hydrogen (secondary N) is 1. The fourth-order valence-corrected chi connectivity index (χ4v) is 1.13. The number of nitrogens with two attached hydrogens (primary N) is 1. The predicted octanol–water partition coefficient (Wildman–Crippen LogP) is 0.391. The highest BCUT2D eigenvalue weighted by Crippen LogP contribution is 2.10. The van der Waals surface area contributed by atoms with Gasteiger partial charge in [0.25, 0.3) is 0 Å². The maximum Gasteiger partial charge on any atom is 0.239 e. The Morgan fingerprint density at radius 1 is 1.43 bits per heavy atom. The van der Waals surface area contributed by atoms with Crippen molar-refractivity contribution in [2.45, 2.75) is 51.7 Å². The normalized spacial score (nSPS) is 16.1. The standard InChI is InChI=1S/C10H22N2O2/c1-5-6-10(4,14)7-12-8(13)9(2,3)11/h14H,5-7,11H2,1-4H3,(H,12,13). The van der Waals surface area contributed by atoms with Gasteiger partial charge in [0.1, 0.15) is 0 Å². The second-order valence-corrected chi connectivity index (χ2v) is 4.65. The number of amides is 1. The van der Waals surface area contributed by atoms with E-state index in [2.05, 4.69) is 5.32 Å². The summed E-state index contributed by atoms with van der Waals surface area (Å²) in [5, 5.41) is 12.4. The van der Waals surface area contributed by atoms with E-state index in [0.717, 1.165) is 6.42 Å². The molecule has 0 aromatic rings. The molecule has 0 aromatic heterocycles. The van der Waals surface area contributed by atoms with E-state index < -0.39 is 11.1 Å². The lowest BCUT2D eigenvalue weighted by Crippen LogP contribution is -2.52. The molecule has 0 saturated carbocycles. The molecular weight excluding hydrogens is 180 g/mol. The molecule has 4 nitrogen and oxygen atoms in total. The molecule has 0 heterocycles. The van der Waals surface area contributed by atoms with Crippen molar-refractivity contribution in [2.75, 3.05) is 6.54 Å². The number of aliphatic hydroxyl groups is 1. The van der Waals surface area contributed by atoms with Crippen molar-refractivity contribution < 1.29 is 9.90 Å². The quantitative estimate of drug-likeness (QED) is 0.603. The summed E-state index contributed by atoms with van der Waals surface area (Å²) in [6.45, 7) is 7.22. The molecule has 0 fully saturated rings. The molecule has 14 heavy (non-hydrogen) atoms. The topological polar surface area (TPSA) is 75.3 Å². The summed E-state index contributed by atoms with van der Waals surface area (Å²) in [6.07, 6.45) is 1.55. The average molecular weight is 202 g/mol. The molecule has 1 unspecified atom stereocenters. The molecule has 0 radical (unpaired) electrons. The number of carbonyl (C=O) groups is 1. The van der Waals surface area contributed by atoms with Gasteiger partial charge in [-0.3, -0.25) is 4.79 Å². The molecule has 0 aliphatic rings. The van der Waals surface area contributed by atoms with Crippen LogP contribution in [0.5, 0.6) is 0 Å². The maximum absolute atomic E-state index is 11.4. The SMILES string of the molecule is CCCC(C)(O)CNC(=O)C(C)(C)N. The van der Waals surface area contributed by atoms with Gasteiger partial charge >= 0.3 is 0 Å². The number of rotatable bonds is 5. The highest BCUT2D eigenvalue weighted by atomic mass is 16.3. The second-order valence-electron chi connectivity index (χ2n) is 4.65. The van der Waals surface area contributed by atoms with E-state index in [-0.39, 0.29) is 12.5 Å². The highest BCUT2D eigenvalue weighted by Gasteiger charge is 2.25. The van der Waals surface area contributed by atoms with Crippen LogP contribution in [0.15, 0.2) is 0 Å². The van der Waals surface area contributed by atoms with Gasteiger partial charge in [0.2, 0.25) is 5.91 Å². The van der Waals surface area contributed by atoms with Crippen molar-refractivity contribution in [3.8, 4) is 0 Å². The van der Waals surface area contributed by atoms with Crippen LogP contribution >= 0.6 is 0 Å². The van der Waals surface area contributed by atoms with Crippen molar-refractivity contribution >= 4 is 5.91 Å². The van der Waals surface area contributed by atoms with Gasteiger partial charge in [0.05, 0.1) is 11.1 Å². The lowest BCUT2D eigenvalue weighted by atomic mass is 9.99. The number of hydrogen-bond donors (Lipinski definition) is 3. The highest BCUT2D eigenvalue weighted by molar-refractivity contribution is 5.85. The summed E-state index contributed by atoms with van der Waals surface area (Å²) in [6, 6.07) is 0. The molecule has 0 rings (SSSR count). The average Bonchev–Trinajstić information content (AvgIpc) is 1.98. The largest absolute Gasteiger partial charge is 0.388 e. The molecule has 4 N–H and O–H groups in total. The van der Waals surface area contributed by atoms with Crippen LogP contribution in [0.4, 0.5) is 0 Å². The van der Waals surface area contributed by atoms with E-state index in [1.807, 2.05) is 6.92 Å². The van der Waals surface area contributed by atoms with E-state index in [9.17, 15) is 9.90 Å². The molecule has 0 spiro atoms. The molecule has 84 valence electrons. The van der Waals surface area contributed by atoms with E-state index in [1.165, 1.54) is 0 Å². The minimum absolute atomic E-state index is 0.242. The van der Waals surface area contributed by atoms with Crippen LogP contribution in [-0.4, -0.2) is 28.7 Å². The van der Waals surface area contributed by atoms with Crippen LogP contribution in [0.2, 0.25) is 0 Å². The van der Waals surface area contributed by atoms with Gasteiger partial charge < -0.3 is 16.2 Å². The van der Waals surface area contributed by atoms with Crippen molar-refractivity contribution in [1.82, 2.24) is 5.32 Å². The van der Waals surface area contributed by atoms with Gasteiger partial charge in [-0.15, -0.1) is 0 Å². The Balaban J connectivity index is 4.00. The Kier molecular flexibility index (Phi) is 4.55. The Labute approximate surface area is 85.9 Å². The van der Waals surface area contributed by atoms with Gasteiger partial charge in [-0.1, -0.05) is 13.3 Å². The lowest BCUT2D eigenvalue weighted by molar-refractivity contribution is -0.126. The summed E-state index contributed by atoms with van der Waals surface area (Å²) >= 11 is 0. The smallest absolute Gasteiger partial charge is 0.239 e. The molecule has 4 heteroatoms. The predicted molar refractivity (Wildman–Crippen MR) is 56.8 cm³/mol. The third-order valence-electron chi connectivity index (χ3n) is 2.00. The summed E-state index contributed by atoms with van der Waals surface area (Å²) in [5.74, 6) is -0.242. The van der Waals surface area contributed by atoms with Gasteiger partial charge in [0.15, 0.2) is 0 Å². The zero-order valence-corrected chi connectivity index (χ0v) is 9.55. The van der Waals surface area contributed by atoms with Crippen LogP contribution in [-0.2, 0) is 4.79 Å². The zero-order valence-electron chi connectivity index (χ0n) is 9.55. The maximum atomic E-state index is 11.4. The molecule has 0 aliphatic heterocycles. The summed E-state index contributed by atoms with van der Waals surface area (Å²) in [4.78, 5) is 11.4. The first kappa shape index (κ1) is 13.4. The first-order valence-electron chi connectivity index (χ1n) is 4.98. The van der Waals surface area contributed by atoms with Gasteiger partial charge in [-0.2, -0.15) is 0 Å². The molecule has 1 atom stereocenters. The van der Waals surface area contributed by atoms with E-state index in [0.29, 0.717) is 6.42 Å². The van der Waals surface area contributed by atoms with E-state index >= 15 is 0 Å². The molecular formula is C10H22N2O2. The van der Waals surface area contributed by atoms with Crippen LogP contribution in [0.3, 0.4) is 0 Å². The fraction of sp³-hybridized carbons (Fsp3) is 0.900. The first-order valence-corrected chi connectivity index (χ1v) is 4.98. The molecule has 0 saturated heterocycles. The Morgan fingerprint density at radius 3 is 2.29 bits per heavy atom. The Hall–Kier alpha value is -0.610. The molecule has 0 aliphatic carbocycles. The molecule has 0 aromatic carbocycles. The second kappa shape index (κ2) is 4.75. The fourth-order valence-electron chi connectivity index (χ4n) is 1.13. The summed E-state index contributed by atoms with van der Waals surface area (Å²) < 4.78 is 0. The molecule has 1 amide bonds. The molecule has 0 bridgehead atoms. The van der Waals surface area contributed by atoms with Gasteiger partial charge in [0, 0.05) is 6.54 Å². The van der Waals surface area contributed by atoms with Crippen molar-refractivity contribution in [2.24, 2.45) is 5.73 Å². The first-order chi connectivity index (χ1) is 6.19. The van der Waals surface area contributed by atoms with Gasteiger partial charge in [-0.25, -0.2) is 0 Å². The number of hydrogen-bond acceptors (Lipinski definition) is 3. The Morgan fingerprint density at radius 2 is 1.93 bits per heavy atom. The Bertz CT molecular complexity index is 195. The van der Waals surface area contributed by atoms with Gasteiger partial charge in [-0.05, 0) is 27.2 Å². The minimum atomic E-state index is -0.887. The van der Waals surface area contributed by atoms with E-state index in [1.54, 1.807) is 20.8 Å². The van der Waals surface area contributed by atoms with Crippen LogP contribution in [0.1, 0.15) is 40.5 Å². The third kappa shape index (κ3) is 5.19. The van der Waals surface area contributed by atoms with Crippen LogP contribution in [0.25, 0.3) is 0 Å². The summed E-state index contributed by atoms with van der Waals surface area (Å²) in [7, 11) is 0. The van der Waals surface area contributed by atoms with Crippen molar-refractivity contribution in [3.05, 3.63) is 0 Å². The van der Waals surface area contributed by atoms with Crippen LogP contribution < -0.4 is 11.1 Å². The lowest BCUT2D eigenvalue weighted by Gasteiger charge is -2.25.